The lowest BCUT2D eigenvalue weighted by molar-refractivity contribution is 0.321. The molecule has 0 saturated carbocycles. The molecule has 1 fully saturated rings. The van der Waals surface area contributed by atoms with Crippen molar-refractivity contribution in [2.45, 2.75) is 31.8 Å². The number of likely N-dealkylation sites (tertiary alicyclic amines) is 1. The van der Waals surface area contributed by atoms with Crippen LogP contribution < -0.4 is 24.8 Å². The summed E-state index contributed by atoms with van der Waals surface area (Å²) >= 11 is 0. The number of ether oxygens (including phenoxy) is 3. The number of hydrogen-bond donors (Lipinski definition) is 2. The van der Waals surface area contributed by atoms with Gasteiger partial charge < -0.3 is 24.8 Å². The van der Waals surface area contributed by atoms with Gasteiger partial charge in [-0.3, -0.25) is 9.89 Å². The molecule has 2 N–H and O–H groups in total. The largest absolute Gasteiger partial charge is 0.497 e. The van der Waals surface area contributed by atoms with E-state index in [1.807, 2.05) is 25.2 Å². The van der Waals surface area contributed by atoms with Gasteiger partial charge in [0.25, 0.3) is 0 Å². The van der Waals surface area contributed by atoms with Crippen LogP contribution in [0.25, 0.3) is 0 Å². The zero-order valence-electron chi connectivity index (χ0n) is 20.1. The maximum atomic E-state index is 5.39. The maximum absolute atomic E-state index is 5.39. The Labute approximate surface area is 214 Å². The zero-order valence-corrected chi connectivity index (χ0v) is 22.4. The smallest absolute Gasteiger partial charge is 0.191 e. The van der Waals surface area contributed by atoms with Crippen molar-refractivity contribution >= 4 is 29.9 Å². The van der Waals surface area contributed by atoms with Gasteiger partial charge in [-0.25, -0.2) is 0 Å². The van der Waals surface area contributed by atoms with E-state index in [2.05, 4.69) is 44.8 Å². The zero-order chi connectivity index (χ0) is 22.8. The molecule has 1 aliphatic rings. The maximum Gasteiger partial charge on any atom is 0.191 e. The van der Waals surface area contributed by atoms with Gasteiger partial charge in [0.1, 0.15) is 17.2 Å². The van der Waals surface area contributed by atoms with Gasteiger partial charge in [-0.05, 0) is 54.7 Å². The summed E-state index contributed by atoms with van der Waals surface area (Å²) in [7, 11) is 6.89. The van der Waals surface area contributed by atoms with Crippen molar-refractivity contribution in [1.29, 1.82) is 0 Å². The van der Waals surface area contributed by atoms with Gasteiger partial charge in [0.15, 0.2) is 5.96 Å². The second-order valence-corrected chi connectivity index (χ2v) is 8.04. The molecule has 0 amide bonds. The fourth-order valence-corrected chi connectivity index (χ4v) is 3.99. The van der Waals surface area contributed by atoms with Crippen LogP contribution in [0.3, 0.4) is 0 Å². The molecule has 0 aliphatic carbocycles. The van der Waals surface area contributed by atoms with E-state index in [0.717, 1.165) is 68.6 Å². The quantitative estimate of drug-likeness (QED) is 0.197. The molecular weight excluding hydrogens is 531 g/mol. The van der Waals surface area contributed by atoms with Crippen molar-refractivity contribution in [2.75, 3.05) is 48.0 Å². The molecule has 0 bridgehead atoms. The lowest BCUT2D eigenvalue weighted by Gasteiger charge is -2.19. The van der Waals surface area contributed by atoms with E-state index in [4.69, 9.17) is 14.2 Å². The van der Waals surface area contributed by atoms with Gasteiger partial charge in [0.2, 0.25) is 0 Å². The normalized spacial score (nSPS) is 16.1. The molecule has 8 heteroatoms. The highest BCUT2D eigenvalue weighted by Gasteiger charge is 2.23. The number of nitrogens with one attached hydrogen (secondary N) is 2. The topological polar surface area (TPSA) is 67.4 Å². The van der Waals surface area contributed by atoms with E-state index in [9.17, 15) is 0 Å². The van der Waals surface area contributed by atoms with Crippen LogP contribution >= 0.6 is 24.0 Å². The third kappa shape index (κ3) is 8.58. The number of methoxy groups -OCH3 is 3. The van der Waals surface area contributed by atoms with Crippen molar-refractivity contribution in [3.8, 4) is 17.2 Å². The van der Waals surface area contributed by atoms with Gasteiger partial charge >= 0.3 is 0 Å². The number of benzene rings is 2. The van der Waals surface area contributed by atoms with Gasteiger partial charge in [-0.1, -0.05) is 12.1 Å². The Balaban J connectivity index is 0.00000385. The summed E-state index contributed by atoms with van der Waals surface area (Å²) in [6.07, 6.45) is 3.16. The molecule has 1 aliphatic heterocycles. The van der Waals surface area contributed by atoms with Crippen LogP contribution in [0.1, 0.15) is 24.0 Å². The van der Waals surface area contributed by atoms with Crippen LogP contribution in [-0.4, -0.2) is 64.9 Å². The Bertz CT molecular complexity index is 854. The Morgan fingerprint density at radius 2 is 1.64 bits per heavy atom. The van der Waals surface area contributed by atoms with Crippen LogP contribution in [0.5, 0.6) is 17.2 Å². The van der Waals surface area contributed by atoms with E-state index >= 15 is 0 Å². The third-order valence-corrected chi connectivity index (χ3v) is 5.75. The van der Waals surface area contributed by atoms with Crippen LogP contribution in [0.2, 0.25) is 0 Å². The second kappa shape index (κ2) is 14.1. The Hall–Kier alpha value is -2.20. The average molecular weight is 569 g/mol. The third-order valence-electron chi connectivity index (χ3n) is 5.75. The van der Waals surface area contributed by atoms with Gasteiger partial charge in [-0.15, -0.1) is 24.0 Å². The molecule has 2 aromatic rings. The SMILES string of the molecule is CN=C(NCCCc1ccc(OC)cc1)NC1CCN(Cc2cc(OC)cc(OC)c2)C1.I. The van der Waals surface area contributed by atoms with Crippen molar-refractivity contribution in [2.24, 2.45) is 4.99 Å². The fraction of sp³-hybridized carbons (Fsp3) is 0.480. The summed E-state index contributed by atoms with van der Waals surface area (Å²) in [6.45, 7) is 3.78. The predicted molar refractivity (Wildman–Crippen MR) is 144 cm³/mol. The molecular formula is C25H37IN4O3. The molecule has 0 spiro atoms. The Morgan fingerprint density at radius 1 is 0.970 bits per heavy atom. The number of aliphatic imine (C=N–C) groups is 1. The van der Waals surface area contributed by atoms with Gasteiger partial charge in [-0.2, -0.15) is 0 Å². The lowest BCUT2D eigenvalue weighted by atomic mass is 10.1. The molecule has 3 rings (SSSR count). The number of hydrogen-bond acceptors (Lipinski definition) is 5. The van der Waals surface area contributed by atoms with Crippen LogP contribution in [0, 0.1) is 0 Å². The summed E-state index contributed by atoms with van der Waals surface area (Å²) in [4.78, 5) is 6.85. The summed E-state index contributed by atoms with van der Waals surface area (Å²) in [5.74, 6) is 3.42. The van der Waals surface area contributed by atoms with Crippen LogP contribution in [-0.2, 0) is 13.0 Å². The highest BCUT2D eigenvalue weighted by molar-refractivity contribution is 14.0. The minimum absolute atomic E-state index is 0. The van der Waals surface area contributed by atoms with Gasteiger partial charge in [0.05, 0.1) is 21.3 Å². The first-order valence-electron chi connectivity index (χ1n) is 11.2. The highest BCUT2D eigenvalue weighted by atomic mass is 127. The monoisotopic (exact) mass is 568 g/mol. The number of rotatable bonds is 10. The van der Waals surface area contributed by atoms with Crippen molar-refractivity contribution in [3.05, 3.63) is 53.6 Å². The van der Waals surface area contributed by atoms with E-state index < -0.39 is 0 Å². The first-order valence-corrected chi connectivity index (χ1v) is 11.2. The predicted octanol–water partition coefficient (Wildman–Crippen LogP) is 3.70. The second-order valence-electron chi connectivity index (χ2n) is 8.04. The van der Waals surface area contributed by atoms with Gasteiger partial charge in [0, 0.05) is 45.3 Å². The molecule has 1 saturated heterocycles. The van der Waals surface area contributed by atoms with Crippen molar-refractivity contribution in [3.63, 3.8) is 0 Å². The number of aryl methyl sites for hydroxylation is 1. The van der Waals surface area contributed by atoms with Crippen LogP contribution in [0.4, 0.5) is 0 Å². The molecule has 2 aromatic carbocycles. The van der Waals surface area contributed by atoms with E-state index in [1.165, 1.54) is 11.1 Å². The molecule has 0 aromatic heterocycles. The molecule has 1 atom stereocenters. The lowest BCUT2D eigenvalue weighted by Crippen LogP contribution is -2.44. The first kappa shape index (κ1) is 27.0. The van der Waals surface area contributed by atoms with E-state index in [0.29, 0.717) is 6.04 Å². The Kier molecular flexibility index (Phi) is 11.6. The number of halogens is 1. The molecule has 0 radical (unpaired) electrons. The fourth-order valence-electron chi connectivity index (χ4n) is 3.99. The van der Waals surface area contributed by atoms with Crippen LogP contribution in [0.15, 0.2) is 47.5 Å². The molecule has 182 valence electrons. The highest BCUT2D eigenvalue weighted by Crippen LogP contribution is 2.24. The Morgan fingerprint density at radius 3 is 2.24 bits per heavy atom. The standard InChI is InChI=1S/C25H36N4O3.HI/c1-26-25(27-12-5-6-19-7-9-22(30-2)10-8-19)28-21-11-13-29(18-21)17-20-14-23(31-3)16-24(15-20)32-4;/h7-10,14-16,21H,5-6,11-13,17-18H2,1-4H3,(H2,26,27,28);1H. The average Bonchev–Trinajstić information content (AvgIpc) is 3.27. The number of nitrogens with zero attached hydrogens (tertiary/aromatic N) is 2. The summed E-state index contributed by atoms with van der Waals surface area (Å²) < 4.78 is 16.0. The minimum atomic E-state index is 0. The van der Waals surface area contributed by atoms with E-state index in [-0.39, 0.29) is 24.0 Å². The van der Waals surface area contributed by atoms with Crippen molar-refractivity contribution in [1.82, 2.24) is 15.5 Å². The molecule has 1 unspecified atom stereocenters. The number of guanidine groups is 1. The summed E-state index contributed by atoms with van der Waals surface area (Å²) in [5, 5.41) is 7.02. The van der Waals surface area contributed by atoms with Crippen molar-refractivity contribution < 1.29 is 14.2 Å². The summed E-state index contributed by atoms with van der Waals surface area (Å²) in [6, 6.07) is 14.7. The first-order chi connectivity index (χ1) is 15.6. The minimum Gasteiger partial charge on any atom is -0.497 e. The van der Waals surface area contributed by atoms with E-state index in [1.54, 1.807) is 21.3 Å². The molecule has 7 nitrogen and oxygen atoms in total. The summed E-state index contributed by atoms with van der Waals surface area (Å²) in [5.41, 5.74) is 2.51. The molecule has 1 heterocycles. The molecule has 33 heavy (non-hydrogen) atoms.